The number of nitro benzene ring substituents is 1. The number of non-ortho nitro benzene ring substituents is 1. The highest BCUT2D eigenvalue weighted by Crippen LogP contribution is 2.15. The molecule has 19 heavy (non-hydrogen) atoms. The molecule has 0 aliphatic heterocycles. The average molecular weight is 302 g/mol. The molecule has 0 bridgehead atoms. The Hall–Kier alpha value is -1.93. The van der Waals surface area contributed by atoms with Gasteiger partial charge in [0.25, 0.3) is 14.7 Å². The standard InChI is InChI=1S/C10H8ClN3O4S/c11-19(17,18)10-6-13(7-12-10)5-8-1-3-9(4-2-8)14(15)16/h1-4,6-7H,5H2. The maximum absolute atomic E-state index is 11.0. The number of hydrogen-bond donors (Lipinski definition) is 0. The number of aromatic nitrogens is 2. The quantitative estimate of drug-likeness (QED) is 0.487. The van der Waals surface area contributed by atoms with Crippen LogP contribution in [0.2, 0.25) is 0 Å². The van der Waals surface area contributed by atoms with E-state index in [1.54, 1.807) is 12.1 Å². The van der Waals surface area contributed by atoms with E-state index in [0.29, 0.717) is 6.54 Å². The van der Waals surface area contributed by atoms with Crippen molar-refractivity contribution in [3.63, 3.8) is 0 Å². The summed E-state index contributed by atoms with van der Waals surface area (Å²) >= 11 is 0. The molecule has 0 saturated carbocycles. The second kappa shape index (κ2) is 4.98. The zero-order valence-corrected chi connectivity index (χ0v) is 11.0. The normalized spacial score (nSPS) is 11.4. The molecule has 0 radical (unpaired) electrons. The summed E-state index contributed by atoms with van der Waals surface area (Å²) in [5, 5.41) is 10.3. The maximum Gasteiger partial charge on any atom is 0.280 e. The number of imidazole rings is 1. The van der Waals surface area contributed by atoms with Crippen molar-refractivity contribution in [2.24, 2.45) is 0 Å². The second-order valence-corrected chi connectivity index (χ2v) is 6.26. The Bertz CT molecular complexity index is 709. The summed E-state index contributed by atoms with van der Waals surface area (Å²) in [5.41, 5.74) is 0.778. The summed E-state index contributed by atoms with van der Waals surface area (Å²) in [6.07, 6.45) is 2.63. The second-order valence-electron chi connectivity index (χ2n) is 3.75. The van der Waals surface area contributed by atoms with Crippen molar-refractivity contribution in [2.75, 3.05) is 0 Å². The molecule has 0 atom stereocenters. The van der Waals surface area contributed by atoms with Crippen LogP contribution in [0.5, 0.6) is 0 Å². The van der Waals surface area contributed by atoms with E-state index in [9.17, 15) is 18.5 Å². The van der Waals surface area contributed by atoms with E-state index in [4.69, 9.17) is 10.7 Å². The summed E-state index contributed by atoms with van der Waals surface area (Å²) in [6.45, 7) is 0.345. The van der Waals surface area contributed by atoms with Gasteiger partial charge in [0.15, 0.2) is 5.03 Å². The van der Waals surface area contributed by atoms with Gasteiger partial charge in [-0.3, -0.25) is 10.1 Å². The van der Waals surface area contributed by atoms with Gasteiger partial charge in [-0.15, -0.1) is 0 Å². The fourth-order valence-corrected chi connectivity index (χ4v) is 2.16. The minimum Gasteiger partial charge on any atom is -0.332 e. The number of halogens is 1. The summed E-state index contributed by atoms with van der Waals surface area (Å²) in [6, 6.07) is 5.94. The van der Waals surface area contributed by atoms with Crippen molar-refractivity contribution < 1.29 is 13.3 Å². The van der Waals surface area contributed by atoms with E-state index in [1.165, 1.54) is 29.2 Å². The fraction of sp³-hybridized carbons (Fsp3) is 0.100. The molecule has 0 saturated heterocycles. The third-order valence-corrected chi connectivity index (χ3v) is 3.56. The molecule has 0 aliphatic rings. The first-order valence-electron chi connectivity index (χ1n) is 5.06. The van der Waals surface area contributed by atoms with E-state index in [-0.39, 0.29) is 10.7 Å². The van der Waals surface area contributed by atoms with Crippen LogP contribution in [0.25, 0.3) is 0 Å². The average Bonchev–Trinajstić information content (AvgIpc) is 2.78. The first-order chi connectivity index (χ1) is 8.86. The Morgan fingerprint density at radius 2 is 1.95 bits per heavy atom. The Morgan fingerprint density at radius 3 is 2.42 bits per heavy atom. The van der Waals surface area contributed by atoms with E-state index in [2.05, 4.69) is 4.98 Å². The lowest BCUT2D eigenvalue weighted by atomic mass is 10.2. The SMILES string of the molecule is O=[N+]([O-])c1ccc(Cn2cnc(S(=O)(=O)Cl)c2)cc1. The molecule has 1 heterocycles. The van der Waals surface area contributed by atoms with Gasteiger partial charge < -0.3 is 4.57 Å². The van der Waals surface area contributed by atoms with Crippen molar-refractivity contribution in [2.45, 2.75) is 11.6 Å². The van der Waals surface area contributed by atoms with E-state index >= 15 is 0 Å². The molecule has 100 valence electrons. The summed E-state index contributed by atoms with van der Waals surface area (Å²) in [4.78, 5) is 13.7. The lowest BCUT2D eigenvalue weighted by molar-refractivity contribution is -0.384. The number of rotatable bonds is 4. The third kappa shape index (κ3) is 3.30. The van der Waals surface area contributed by atoms with Gasteiger partial charge in [0.05, 0.1) is 11.3 Å². The molecule has 1 aromatic heterocycles. The van der Waals surface area contributed by atoms with Crippen LogP contribution in [0, 0.1) is 10.1 Å². The largest absolute Gasteiger partial charge is 0.332 e. The molecule has 2 aromatic rings. The van der Waals surface area contributed by atoms with Gasteiger partial charge in [-0.1, -0.05) is 12.1 Å². The summed E-state index contributed by atoms with van der Waals surface area (Å²) in [5.74, 6) is 0. The molecule has 7 nitrogen and oxygen atoms in total. The van der Waals surface area contributed by atoms with Gasteiger partial charge in [-0.05, 0) is 5.56 Å². The van der Waals surface area contributed by atoms with Gasteiger partial charge in [0.1, 0.15) is 0 Å². The molecule has 0 aliphatic carbocycles. The van der Waals surface area contributed by atoms with Gasteiger partial charge in [0.2, 0.25) is 0 Å². The first-order valence-corrected chi connectivity index (χ1v) is 7.37. The first kappa shape index (κ1) is 13.5. The smallest absolute Gasteiger partial charge is 0.280 e. The molecular formula is C10H8ClN3O4S. The maximum atomic E-state index is 11.0. The zero-order valence-electron chi connectivity index (χ0n) is 9.43. The molecule has 2 rings (SSSR count). The minimum absolute atomic E-state index is 0.00148. The Kier molecular flexibility index (Phi) is 3.54. The predicted molar refractivity (Wildman–Crippen MR) is 67.5 cm³/mol. The van der Waals surface area contributed by atoms with Crippen LogP contribution in [-0.4, -0.2) is 22.9 Å². The number of hydrogen-bond acceptors (Lipinski definition) is 5. The van der Waals surface area contributed by atoms with Crippen molar-refractivity contribution in [3.05, 3.63) is 52.5 Å². The summed E-state index contributed by atoms with van der Waals surface area (Å²) < 4.78 is 23.6. The van der Waals surface area contributed by atoms with E-state index in [1.807, 2.05) is 0 Å². The lowest BCUT2D eigenvalue weighted by Crippen LogP contribution is -1.97. The van der Waals surface area contributed by atoms with Crippen LogP contribution in [0.15, 0.2) is 41.8 Å². The highest BCUT2D eigenvalue weighted by atomic mass is 35.7. The van der Waals surface area contributed by atoms with Gasteiger partial charge in [0, 0.05) is 35.6 Å². The van der Waals surface area contributed by atoms with Crippen molar-refractivity contribution >= 4 is 25.4 Å². The Balaban J connectivity index is 2.17. The van der Waals surface area contributed by atoms with E-state index in [0.717, 1.165) is 5.56 Å². The predicted octanol–water partition coefficient (Wildman–Crippen LogP) is 1.77. The highest BCUT2D eigenvalue weighted by molar-refractivity contribution is 8.13. The van der Waals surface area contributed by atoms with Crippen molar-refractivity contribution in [3.8, 4) is 0 Å². The monoisotopic (exact) mass is 301 g/mol. The number of nitro groups is 1. The molecule has 0 unspecified atom stereocenters. The number of nitrogens with zero attached hydrogens (tertiary/aromatic N) is 3. The van der Waals surface area contributed by atoms with E-state index < -0.39 is 14.0 Å². The lowest BCUT2D eigenvalue weighted by Gasteiger charge is -2.01. The molecule has 9 heteroatoms. The van der Waals surface area contributed by atoms with Crippen molar-refractivity contribution in [1.29, 1.82) is 0 Å². The Morgan fingerprint density at radius 1 is 1.32 bits per heavy atom. The van der Waals surface area contributed by atoms with Crippen LogP contribution in [-0.2, 0) is 15.6 Å². The van der Waals surface area contributed by atoms with Gasteiger partial charge >= 0.3 is 0 Å². The molecule has 0 spiro atoms. The third-order valence-electron chi connectivity index (χ3n) is 2.37. The van der Waals surface area contributed by atoms with Crippen LogP contribution >= 0.6 is 10.7 Å². The molecule has 0 fully saturated rings. The molecule has 0 amide bonds. The molecule has 0 N–H and O–H groups in total. The highest BCUT2D eigenvalue weighted by Gasteiger charge is 2.13. The molecule has 1 aromatic carbocycles. The Labute approximate surface area is 113 Å². The van der Waals surface area contributed by atoms with Crippen LogP contribution in [0.4, 0.5) is 5.69 Å². The van der Waals surface area contributed by atoms with Gasteiger partial charge in [-0.25, -0.2) is 13.4 Å². The number of benzene rings is 1. The topological polar surface area (TPSA) is 95.1 Å². The van der Waals surface area contributed by atoms with Crippen LogP contribution in [0.3, 0.4) is 0 Å². The van der Waals surface area contributed by atoms with Crippen molar-refractivity contribution in [1.82, 2.24) is 9.55 Å². The van der Waals surface area contributed by atoms with Gasteiger partial charge in [-0.2, -0.15) is 0 Å². The summed E-state index contributed by atoms with van der Waals surface area (Å²) in [7, 11) is 1.31. The molecular weight excluding hydrogens is 294 g/mol. The fourth-order valence-electron chi connectivity index (χ4n) is 1.49. The minimum atomic E-state index is -3.84. The zero-order chi connectivity index (χ0) is 14.0. The van der Waals surface area contributed by atoms with Crippen LogP contribution in [0.1, 0.15) is 5.56 Å². The van der Waals surface area contributed by atoms with Crippen LogP contribution < -0.4 is 0 Å².